The molecule has 2 atom stereocenters. The summed E-state index contributed by atoms with van der Waals surface area (Å²) in [5.74, 6) is 0. The molecule has 0 radical (unpaired) electrons. The molecular formula is C24H53NO5Si2. The second-order valence-corrected chi connectivity index (χ2v) is 22.7. The van der Waals surface area contributed by atoms with Crippen LogP contribution in [0.25, 0.3) is 0 Å². The van der Waals surface area contributed by atoms with E-state index < -0.39 is 40.5 Å². The highest BCUT2D eigenvalue weighted by Crippen LogP contribution is 2.43. The van der Waals surface area contributed by atoms with Gasteiger partial charge in [-0.05, 0) is 55.5 Å². The third kappa shape index (κ3) is 8.74. The minimum absolute atomic E-state index is 0.0141. The fourth-order valence-electron chi connectivity index (χ4n) is 4.23. The van der Waals surface area contributed by atoms with E-state index in [-0.39, 0.29) is 11.6 Å². The molecule has 0 bridgehead atoms. The summed E-state index contributed by atoms with van der Waals surface area (Å²) in [6.07, 6.45) is -1.02. The van der Waals surface area contributed by atoms with Crippen LogP contribution < -0.4 is 5.32 Å². The number of rotatable bonds is 11. The summed E-state index contributed by atoms with van der Waals surface area (Å²) in [5.41, 5.74) is 0.679. The molecule has 0 aromatic carbocycles. The quantitative estimate of drug-likeness (QED) is 0.325. The van der Waals surface area contributed by atoms with E-state index in [2.05, 4.69) is 80.7 Å². The van der Waals surface area contributed by atoms with E-state index >= 15 is 0 Å². The third-order valence-corrected chi connectivity index (χ3v) is 17.4. The van der Waals surface area contributed by atoms with E-state index in [1.807, 2.05) is 20.8 Å². The van der Waals surface area contributed by atoms with Crippen LogP contribution in [-0.4, -0.2) is 58.8 Å². The fourth-order valence-corrected chi connectivity index (χ4v) is 11.0. The van der Waals surface area contributed by atoms with Gasteiger partial charge >= 0.3 is 6.09 Å². The number of hydrogen-bond acceptors (Lipinski definition) is 5. The summed E-state index contributed by atoms with van der Waals surface area (Å²) in [7, 11) is -4.33. The molecule has 192 valence electrons. The molecule has 0 aliphatic carbocycles. The van der Waals surface area contributed by atoms with Gasteiger partial charge in [-0.1, -0.05) is 62.3 Å². The number of hydrogen-bond donors (Lipinski definition) is 2. The van der Waals surface area contributed by atoms with E-state index in [0.717, 1.165) is 0 Å². The van der Waals surface area contributed by atoms with Crippen molar-refractivity contribution < 1.29 is 23.5 Å². The lowest BCUT2D eigenvalue weighted by Gasteiger charge is -2.45. The summed E-state index contributed by atoms with van der Waals surface area (Å²) in [6, 6.07) is -0.614. The first kappa shape index (κ1) is 31.6. The predicted molar refractivity (Wildman–Crippen MR) is 139 cm³/mol. The first-order chi connectivity index (χ1) is 14.2. The average molecular weight is 492 g/mol. The van der Waals surface area contributed by atoms with E-state index in [1.165, 1.54) is 0 Å². The number of carbonyl (C=O) groups excluding carboxylic acids is 1. The highest BCUT2D eigenvalue weighted by Gasteiger charge is 2.47. The van der Waals surface area contributed by atoms with Crippen molar-refractivity contribution in [3.05, 3.63) is 0 Å². The summed E-state index contributed by atoms with van der Waals surface area (Å²) >= 11 is 0. The second-order valence-electron chi connectivity index (χ2n) is 12.5. The Balaban J connectivity index is 5.98. The van der Waals surface area contributed by atoms with Crippen molar-refractivity contribution in [2.24, 2.45) is 0 Å². The molecule has 32 heavy (non-hydrogen) atoms. The Hall–Kier alpha value is -0.416. The average Bonchev–Trinajstić information content (AvgIpc) is 2.55. The zero-order valence-electron chi connectivity index (χ0n) is 23.4. The van der Waals surface area contributed by atoms with Crippen LogP contribution in [0.3, 0.4) is 0 Å². The number of nitrogens with one attached hydrogen (secondary N) is 1. The molecule has 0 aromatic rings. The second kappa shape index (κ2) is 11.8. The summed E-state index contributed by atoms with van der Waals surface area (Å²) in [6.45, 7) is 30.0. The predicted octanol–water partition coefficient (Wildman–Crippen LogP) is 6.45. The number of ether oxygens (including phenoxy) is 1. The monoisotopic (exact) mass is 491 g/mol. The summed E-state index contributed by atoms with van der Waals surface area (Å²) < 4.78 is 19.0. The van der Waals surface area contributed by atoms with Crippen LogP contribution in [0.1, 0.15) is 83.1 Å². The molecule has 0 aliphatic rings. The number of aliphatic hydroxyl groups excluding tert-OH is 1. The Morgan fingerprint density at radius 1 is 0.906 bits per heavy atom. The van der Waals surface area contributed by atoms with Gasteiger partial charge in [0.2, 0.25) is 0 Å². The number of aliphatic hydroxyl groups is 1. The molecule has 0 heterocycles. The Morgan fingerprint density at radius 3 is 1.66 bits per heavy atom. The number of amides is 1. The van der Waals surface area contributed by atoms with Crippen molar-refractivity contribution in [3.8, 4) is 0 Å². The van der Waals surface area contributed by atoms with E-state index in [1.54, 1.807) is 0 Å². The molecule has 0 aromatic heterocycles. The topological polar surface area (TPSA) is 77.0 Å². The summed E-state index contributed by atoms with van der Waals surface area (Å²) in [4.78, 5) is 12.5. The maximum atomic E-state index is 12.5. The van der Waals surface area contributed by atoms with Crippen LogP contribution in [0.4, 0.5) is 4.79 Å². The van der Waals surface area contributed by atoms with Crippen molar-refractivity contribution in [3.63, 3.8) is 0 Å². The van der Waals surface area contributed by atoms with Crippen molar-refractivity contribution in [2.45, 2.75) is 136 Å². The van der Waals surface area contributed by atoms with Crippen molar-refractivity contribution in [1.82, 2.24) is 5.32 Å². The van der Waals surface area contributed by atoms with Gasteiger partial charge in [0.05, 0.1) is 25.4 Å². The Kier molecular flexibility index (Phi) is 11.7. The maximum absolute atomic E-state index is 12.5. The molecule has 2 N–H and O–H groups in total. The summed E-state index contributed by atoms with van der Waals surface area (Å²) in [5, 5.41) is 13.0. The highest BCUT2D eigenvalue weighted by molar-refractivity contribution is 6.77. The number of alkyl carbamates (subject to hydrolysis) is 1. The zero-order chi connectivity index (χ0) is 25.7. The molecular weight excluding hydrogens is 438 g/mol. The van der Waals surface area contributed by atoms with Crippen LogP contribution in [0.5, 0.6) is 0 Å². The molecule has 0 spiro atoms. The van der Waals surface area contributed by atoms with Crippen molar-refractivity contribution in [2.75, 3.05) is 13.2 Å². The van der Waals surface area contributed by atoms with Gasteiger partial charge in [0, 0.05) is 0 Å². The molecule has 0 aliphatic heterocycles. The molecule has 6 nitrogen and oxygen atoms in total. The maximum Gasteiger partial charge on any atom is 0.408 e. The molecule has 0 fully saturated rings. The van der Waals surface area contributed by atoms with Gasteiger partial charge in [-0.3, -0.25) is 0 Å². The van der Waals surface area contributed by atoms with E-state index in [9.17, 15) is 9.90 Å². The molecule has 0 rings (SSSR count). The van der Waals surface area contributed by atoms with Crippen LogP contribution >= 0.6 is 0 Å². The molecule has 0 saturated carbocycles. The molecule has 8 heteroatoms. The highest BCUT2D eigenvalue weighted by atomic mass is 28.4. The Bertz CT molecular complexity index is 558. The van der Waals surface area contributed by atoms with Gasteiger partial charge in [0.25, 0.3) is 0 Å². The Morgan fingerprint density at radius 2 is 1.34 bits per heavy atom. The first-order valence-electron chi connectivity index (χ1n) is 12.1. The third-order valence-electron chi connectivity index (χ3n) is 6.80. The van der Waals surface area contributed by atoms with Gasteiger partial charge in [-0.25, -0.2) is 4.79 Å². The largest absolute Gasteiger partial charge is 0.444 e. The minimum atomic E-state index is -2.19. The fraction of sp³-hybridized carbons (Fsp3) is 0.958. The lowest BCUT2D eigenvalue weighted by atomic mass is 10.2. The van der Waals surface area contributed by atoms with Gasteiger partial charge < -0.3 is 24.0 Å². The Labute approximate surface area is 200 Å². The van der Waals surface area contributed by atoms with Crippen LogP contribution in [-0.2, 0) is 13.6 Å². The SMILES string of the molecule is CC(C)[Si](OC[C@@H](O[Si](C)(C)C(C)(C)C)[C@H](CO)NC(=O)OC(C)(C)C)(C(C)C)C(C)C. The van der Waals surface area contributed by atoms with E-state index in [0.29, 0.717) is 23.2 Å². The lowest BCUT2D eigenvalue weighted by molar-refractivity contribution is 0.0257. The van der Waals surface area contributed by atoms with Crippen LogP contribution in [0.2, 0.25) is 34.8 Å². The molecule has 0 saturated heterocycles. The molecule has 1 amide bonds. The molecule has 0 unspecified atom stereocenters. The lowest BCUT2D eigenvalue weighted by Crippen LogP contribution is -2.57. The smallest absolute Gasteiger partial charge is 0.408 e. The van der Waals surface area contributed by atoms with Crippen molar-refractivity contribution >= 4 is 22.7 Å². The number of carbonyl (C=O) groups is 1. The standard InChI is InChI=1S/C24H53NO5Si2/c1-17(2)32(18(3)4,19(5)6)28-16-21(30-31(13,14)24(10,11)12)20(15-26)25-22(27)29-23(7,8)9/h17-21,26H,15-16H2,1-14H3,(H,25,27)/t20-,21+/m0/s1. The van der Waals surface area contributed by atoms with Gasteiger partial charge in [0.15, 0.2) is 16.6 Å². The van der Waals surface area contributed by atoms with Gasteiger partial charge in [0.1, 0.15) is 5.60 Å². The van der Waals surface area contributed by atoms with Gasteiger partial charge in [-0.15, -0.1) is 0 Å². The zero-order valence-corrected chi connectivity index (χ0v) is 25.4. The van der Waals surface area contributed by atoms with Gasteiger partial charge in [-0.2, -0.15) is 0 Å². The minimum Gasteiger partial charge on any atom is -0.444 e. The van der Waals surface area contributed by atoms with E-state index in [4.69, 9.17) is 13.6 Å². The first-order valence-corrected chi connectivity index (χ1v) is 17.2. The normalized spacial score (nSPS) is 15.9. The van der Waals surface area contributed by atoms with Crippen LogP contribution in [0.15, 0.2) is 0 Å². The van der Waals surface area contributed by atoms with Crippen LogP contribution in [0, 0.1) is 0 Å². The van der Waals surface area contributed by atoms with Crippen molar-refractivity contribution in [1.29, 1.82) is 0 Å².